The highest BCUT2D eigenvalue weighted by molar-refractivity contribution is 5.99. The lowest BCUT2D eigenvalue weighted by Gasteiger charge is -2.22. The molecule has 1 aromatic carbocycles. The Hall–Kier alpha value is -2.43. The topological polar surface area (TPSA) is 62.0 Å². The Morgan fingerprint density at radius 3 is 2.32 bits per heavy atom. The predicted octanol–water partition coefficient (Wildman–Crippen LogP) is 3.48. The fraction of sp³-hybridized carbons (Fsp3) is 0.294. The van der Waals surface area contributed by atoms with Crippen LogP contribution >= 0.6 is 0 Å². The maximum Gasteiger partial charge on any atom is 0.268 e. The molecule has 1 heterocycles. The van der Waals surface area contributed by atoms with Crippen molar-refractivity contribution in [1.82, 2.24) is 10.3 Å². The molecule has 0 saturated heterocycles. The Morgan fingerprint density at radius 1 is 1.18 bits per heavy atom. The number of benzene rings is 1. The van der Waals surface area contributed by atoms with Crippen LogP contribution in [0.3, 0.4) is 0 Å². The highest BCUT2D eigenvalue weighted by Crippen LogP contribution is 2.22. The molecule has 116 valence electrons. The lowest BCUT2D eigenvalue weighted by Crippen LogP contribution is -2.32. The molecule has 1 aromatic heterocycles. The fourth-order valence-corrected chi connectivity index (χ4v) is 2.25. The van der Waals surface area contributed by atoms with Crippen molar-refractivity contribution in [1.29, 1.82) is 0 Å². The van der Waals surface area contributed by atoms with Gasteiger partial charge in [-0.3, -0.25) is 9.59 Å². The average molecular weight is 302 g/mol. The zero-order valence-corrected chi connectivity index (χ0v) is 12.8. The number of carbonyl (C=O) groups excluding carboxylic acids is 2. The standard InChI is InChI=1S/C17H19FN2O2/c1-10(2)16(12-4-6-14(18)7-5-12)20-17(22)15-8-13(9-19-15)11(3)21/h4-10,16,19H,1-3H3,(H,20,22)/t16-/m1/s1. The van der Waals surface area contributed by atoms with E-state index in [0.717, 1.165) is 5.56 Å². The minimum atomic E-state index is -0.312. The summed E-state index contributed by atoms with van der Waals surface area (Å²) >= 11 is 0. The maximum absolute atomic E-state index is 13.0. The number of aromatic nitrogens is 1. The van der Waals surface area contributed by atoms with E-state index >= 15 is 0 Å². The van der Waals surface area contributed by atoms with Gasteiger partial charge in [0.05, 0.1) is 6.04 Å². The van der Waals surface area contributed by atoms with Crippen LogP contribution in [-0.2, 0) is 0 Å². The zero-order chi connectivity index (χ0) is 16.3. The second-order valence-electron chi connectivity index (χ2n) is 5.60. The summed E-state index contributed by atoms with van der Waals surface area (Å²) < 4.78 is 13.0. The fourth-order valence-electron chi connectivity index (χ4n) is 2.25. The second kappa shape index (κ2) is 6.56. The van der Waals surface area contributed by atoms with Gasteiger partial charge in [-0.2, -0.15) is 0 Å². The van der Waals surface area contributed by atoms with Gasteiger partial charge >= 0.3 is 0 Å². The van der Waals surface area contributed by atoms with E-state index in [0.29, 0.717) is 11.3 Å². The van der Waals surface area contributed by atoms with Crippen molar-refractivity contribution in [2.24, 2.45) is 5.92 Å². The minimum absolute atomic E-state index is 0.103. The number of amides is 1. The number of ketones is 1. The number of hydrogen-bond donors (Lipinski definition) is 2. The van der Waals surface area contributed by atoms with Crippen LogP contribution in [0.2, 0.25) is 0 Å². The quantitative estimate of drug-likeness (QED) is 0.831. The number of H-pyrrole nitrogens is 1. The van der Waals surface area contributed by atoms with Crippen LogP contribution in [0.15, 0.2) is 36.5 Å². The van der Waals surface area contributed by atoms with Gasteiger partial charge in [-0.15, -0.1) is 0 Å². The van der Waals surface area contributed by atoms with Crippen molar-refractivity contribution in [3.63, 3.8) is 0 Å². The van der Waals surface area contributed by atoms with Gasteiger partial charge in [0.2, 0.25) is 0 Å². The monoisotopic (exact) mass is 302 g/mol. The van der Waals surface area contributed by atoms with Gasteiger partial charge in [-0.25, -0.2) is 4.39 Å². The third-order valence-corrected chi connectivity index (χ3v) is 3.52. The van der Waals surface area contributed by atoms with Crippen molar-refractivity contribution in [2.75, 3.05) is 0 Å². The molecule has 5 heteroatoms. The summed E-state index contributed by atoms with van der Waals surface area (Å²) in [5.74, 6) is -0.575. The lowest BCUT2D eigenvalue weighted by atomic mass is 9.96. The molecule has 0 aliphatic rings. The van der Waals surface area contributed by atoms with Crippen LogP contribution in [0.4, 0.5) is 4.39 Å². The number of aromatic amines is 1. The molecule has 22 heavy (non-hydrogen) atoms. The van der Waals surface area contributed by atoms with Gasteiger partial charge in [-0.1, -0.05) is 26.0 Å². The van der Waals surface area contributed by atoms with Gasteiger partial charge in [0, 0.05) is 11.8 Å². The highest BCUT2D eigenvalue weighted by Gasteiger charge is 2.20. The number of Topliss-reactive ketones (excluding diaryl/α,β-unsaturated/α-hetero) is 1. The molecule has 1 atom stereocenters. The Balaban J connectivity index is 2.18. The smallest absolute Gasteiger partial charge is 0.268 e. The van der Waals surface area contributed by atoms with Gasteiger partial charge in [0.15, 0.2) is 5.78 Å². The molecule has 0 bridgehead atoms. The van der Waals surface area contributed by atoms with Crippen LogP contribution in [0.25, 0.3) is 0 Å². The van der Waals surface area contributed by atoms with Gasteiger partial charge < -0.3 is 10.3 Å². The summed E-state index contributed by atoms with van der Waals surface area (Å²) in [6.07, 6.45) is 1.51. The molecule has 4 nitrogen and oxygen atoms in total. The molecule has 1 amide bonds. The Kier molecular flexibility index (Phi) is 4.75. The predicted molar refractivity (Wildman–Crippen MR) is 82.2 cm³/mol. The van der Waals surface area contributed by atoms with E-state index in [1.807, 2.05) is 13.8 Å². The number of nitrogens with one attached hydrogen (secondary N) is 2. The normalized spacial score (nSPS) is 12.2. The van der Waals surface area contributed by atoms with Crippen LogP contribution < -0.4 is 5.32 Å². The first kappa shape index (κ1) is 15.9. The van der Waals surface area contributed by atoms with Gasteiger partial charge in [0.1, 0.15) is 11.5 Å². The Labute approximate surface area is 128 Å². The maximum atomic E-state index is 13.0. The van der Waals surface area contributed by atoms with Crippen LogP contribution in [0, 0.1) is 11.7 Å². The molecule has 0 saturated carbocycles. The zero-order valence-electron chi connectivity index (χ0n) is 12.8. The molecular weight excluding hydrogens is 283 g/mol. The first-order chi connectivity index (χ1) is 10.4. The number of hydrogen-bond acceptors (Lipinski definition) is 2. The van der Waals surface area contributed by atoms with Crippen molar-refractivity contribution in [2.45, 2.75) is 26.8 Å². The van der Waals surface area contributed by atoms with Crippen LogP contribution in [0.1, 0.15) is 53.2 Å². The van der Waals surface area contributed by atoms with E-state index in [9.17, 15) is 14.0 Å². The lowest BCUT2D eigenvalue weighted by molar-refractivity contribution is 0.0921. The van der Waals surface area contributed by atoms with E-state index in [4.69, 9.17) is 0 Å². The first-order valence-corrected chi connectivity index (χ1v) is 7.14. The van der Waals surface area contributed by atoms with E-state index in [2.05, 4.69) is 10.3 Å². The van der Waals surface area contributed by atoms with E-state index in [1.54, 1.807) is 12.1 Å². The molecule has 0 unspecified atom stereocenters. The molecule has 0 radical (unpaired) electrons. The molecule has 0 spiro atoms. The number of halogens is 1. The van der Waals surface area contributed by atoms with E-state index < -0.39 is 0 Å². The van der Waals surface area contributed by atoms with Crippen molar-refractivity contribution in [3.05, 3.63) is 59.2 Å². The third-order valence-electron chi connectivity index (χ3n) is 3.52. The van der Waals surface area contributed by atoms with Crippen molar-refractivity contribution >= 4 is 11.7 Å². The molecule has 2 aromatic rings. The summed E-state index contributed by atoms with van der Waals surface area (Å²) in [7, 11) is 0. The first-order valence-electron chi connectivity index (χ1n) is 7.14. The average Bonchev–Trinajstić information content (AvgIpc) is 2.95. The Bertz CT molecular complexity index is 674. The summed E-state index contributed by atoms with van der Waals surface area (Å²) in [5, 5.41) is 2.92. The third kappa shape index (κ3) is 3.61. The van der Waals surface area contributed by atoms with Gasteiger partial charge in [0.25, 0.3) is 5.91 Å². The molecular formula is C17H19FN2O2. The van der Waals surface area contributed by atoms with E-state index in [-0.39, 0.29) is 29.5 Å². The van der Waals surface area contributed by atoms with Crippen LogP contribution in [0.5, 0.6) is 0 Å². The highest BCUT2D eigenvalue weighted by atomic mass is 19.1. The molecule has 0 fully saturated rings. The van der Waals surface area contributed by atoms with Gasteiger partial charge in [-0.05, 0) is 36.6 Å². The molecule has 0 aliphatic carbocycles. The van der Waals surface area contributed by atoms with Crippen LogP contribution in [-0.4, -0.2) is 16.7 Å². The molecule has 2 rings (SSSR count). The molecule has 2 N–H and O–H groups in total. The van der Waals surface area contributed by atoms with E-state index in [1.165, 1.54) is 31.3 Å². The van der Waals surface area contributed by atoms with Crippen molar-refractivity contribution in [3.8, 4) is 0 Å². The summed E-state index contributed by atoms with van der Waals surface area (Å²) in [6.45, 7) is 5.40. The second-order valence-corrected chi connectivity index (χ2v) is 5.60. The summed E-state index contributed by atoms with van der Waals surface area (Å²) in [6, 6.07) is 7.36. The number of rotatable bonds is 5. The molecule has 0 aliphatic heterocycles. The Morgan fingerprint density at radius 2 is 1.82 bits per heavy atom. The SMILES string of the molecule is CC(=O)c1c[nH]c(C(=O)N[C@@H](c2ccc(F)cc2)C(C)C)c1. The minimum Gasteiger partial charge on any atom is -0.356 e. The summed E-state index contributed by atoms with van der Waals surface area (Å²) in [4.78, 5) is 26.4. The number of carbonyl (C=O) groups is 2. The van der Waals surface area contributed by atoms with Crippen molar-refractivity contribution < 1.29 is 14.0 Å². The largest absolute Gasteiger partial charge is 0.356 e. The summed E-state index contributed by atoms with van der Waals surface area (Å²) in [5.41, 5.74) is 1.63.